The highest BCUT2D eigenvalue weighted by molar-refractivity contribution is 5.48. The van der Waals surface area contributed by atoms with Crippen molar-refractivity contribution in [2.45, 2.75) is 19.3 Å². The largest absolute Gasteiger partial charge is 0.490 e. The first-order valence-corrected chi connectivity index (χ1v) is 5.31. The fourth-order valence-corrected chi connectivity index (χ4v) is 1.59. The maximum atomic E-state index is 10.6. The average Bonchev–Trinajstić information content (AvgIpc) is 2.39. The summed E-state index contributed by atoms with van der Waals surface area (Å²) in [6.07, 6.45) is 2.99. The molecule has 0 atom stereocenters. The van der Waals surface area contributed by atoms with Crippen LogP contribution >= 0.6 is 0 Å². The van der Waals surface area contributed by atoms with Crippen LogP contribution in [-0.2, 0) is 0 Å². The smallest absolute Gasteiger partial charge is 0.273 e. The van der Waals surface area contributed by atoms with Crippen LogP contribution in [0.15, 0.2) is 18.2 Å². The zero-order valence-corrected chi connectivity index (χ0v) is 8.85. The summed E-state index contributed by atoms with van der Waals surface area (Å²) in [5.74, 6) is 1.06. The van der Waals surface area contributed by atoms with Gasteiger partial charge in [0.1, 0.15) is 0 Å². The molecule has 0 aromatic heterocycles. The predicted molar refractivity (Wildman–Crippen MR) is 57.9 cm³/mol. The Labute approximate surface area is 93.1 Å². The number of nitrogens with zero attached hydrogens (tertiary/aromatic N) is 1. The van der Waals surface area contributed by atoms with Gasteiger partial charge >= 0.3 is 0 Å². The topological polar surface area (TPSA) is 61.6 Å². The minimum Gasteiger partial charge on any atom is -0.490 e. The lowest BCUT2D eigenvalue weighted by Gasteiger charge is -2.09. The first-order chi connectivity index (χ1) is 7.77. The minimum atomic E-state index is -0.434. The Hall–Kier alpha value is -1.78. The number of ether oxygens (including phenoxy) is 2. The fourth-order valence-electron chi connectivity index (χ4n) is 1.59. The third-order valence-electron chi connectivity index (χ3n) is 2.44. The Kier molecular flexibility index (Phi) is 3.24. The Morgan fingerprint density at radius 1 is 1.06 bits per heavy atom. The van der Waals surface area contributed by atoms with Crippen LogP contribution < -0.4 is 9.47 Å². The molecule has 5 nitrogen and oxygen atoms in total. The summed E-state index contributed by atoms with van der Waals surface area (Å²) in [5, 5.41) is 10.6. The van der Waals surface area contributed by atoms with E-state index in [2.05, 4.69) is 0 Å². The number of hydrogen-bond donors (Lipinski definition) is 0. The number of nitro benzene ring substituents is 1. The van der Waals surface area contributed by atoms with Crippen LogP contribution in [0.5, 0.6) is 11.5 Å². The number of rotatable bonds is 1. The molecule has 0 N–H and O–H groups in total. The Morgan fingerprint density at radius 3 is 2.44 bits per heavy atom. The molecule has 0 unspecified atom stereocenters. The number of non-ortho nitro benzene ring substituents is 1. The molecule has 1 aromatic carbocycles. The highest BCUT2D eigenvalue weighted by Crippen LogP contribution is 2.32. The van der Waals surface area contributed by atoms with Crippen LogP contribution in [0.3, 0.4) is 0 Å². The van der Waals surface area contributed by atoms with Gasteiger partial charge in [0, 0.05) is 6.07 Å². The summed E-state index contributed by atoms with van der Waals surface area (Å²) in [6, 6.07) is 4.44. The van der Waals surface area contributed by atoms with E-state index in [0.717, 1.165) is 19.3 Å². The van der Waals surface area contributed by atoms with E-state index in [1.165, 1.54) is 12.1 Å². The molecular formula is C11H13NO4. The maximum absolute atomic E-state index is 10.6. The molecule has 2 rings (SSSR count). The van der Waals surface area contributed by atoms with Gasteiger partial charge in [0.2, 0.25) is 0 Å². The van der Waals surface area contributed by atoms with Crippen molar-refractivity contribution in [1.29, 1.82) is 0 Å². The van der Waals surface area contributed by atoms with Gasteiger partial charge in [-0.3, -0.25) is 10.1 Å². The van der Waals surface area contributed by atoms with E-state index < -0.39 is 4.92 Å². The van der Waals surface area contributed by atoms with Gasteiger partial charge in [-0.2, -0.15) is 0 Å². The lowest BCUT2D eigenvalue weighted by Crippen LogP contribution is -1.99. The number of benzene rings is 1. The van der Waals surface area contributed by atoms with Gasteiger partial charge in [0.15, 0.2) is 11.5 Å². The van der Waals surface area contributed by atoms with Crippen LogP contribution in [0.4, 0.5) is 5.69 Å². The fraction of sp³-hybridized carbons (Fsp3) is 0.455. The lowest BCUT2D eigenvalue weighted by molar-refractivity contribution is -0.385. The molecule has 0 radical (unpaired) electrons. The second kappa shape index (κ2) is 4.83. The highest BCUT2D eigenvalue weighted by atomic mass is 16.6. The summed E-state index contributed by atoms with van der Waals surface area (Å²) in [6.45, 7) is 1.21. The first-order valence-electron chi connectivity index (χ1n) is 5.31. The Bertz CT molecular complexity index is 392. The lowest BCUT2D eigenvalue weighted by atomic mass is 10.2. The molecule has 86 valence electrons. The molecule has 1 aliphatic rings. The predicted octanol–water partition coefficient (Wildman–Crippen LogP) is 2.54. The second-order valence-corrected chi connectivity index (χ2v) is 3.65. The highest BCUT2D eigenvalue weighted by Gasteiger charge is 2.13. The van der Waals surface area contributed by atoms with Crippen molar-refractivity contribution in [2.75, 3.05) is 13.2 Å². The van der Waals surface area contributed by atoms with Gasteiger partial charge in [-0.15, -0.1) is 0 Å². The molecule has 0 spiro atoms. The minimum absolute atomic E-state index is 0.0293. The molecule has 0 fully saturated rings. The van der Waals surface area contributed by atoms with Crippen LogP contribution in [0, 0.1) is 10.1 Å². The summed E-state index contributed by atoms with van der Waals surface area (Å²) in [4.78, 5) is 10.2. The van der Waals surface area contributed by atoms with E-state index in [4.69, 9.17) is 9.47 Å². The van der Waals surface area contributed by atoms with Crippen LogP contribution in [0.2, 0.25) is 0 Å². The molecule has 16 heavy (non-hydrogen) atoms. The molecular weight excluding hydrogens is 210 g/mol. The summed E-state index contributed by atoms with van der Waals surface area (Å²) in [5.41, 5.74) is 0.0293. The molecule has 1 heterocycles. The van der Waals surface area contributed by atoms with E-state index in [9.17, 15) is 10.1 Å². The van der Waals surface area contributed by atoms with Crippen molar-refractivity contribution in [3.63, 3.8) is 0 Å². The van der Waals surface area contributed by atoms with Gasteiger partial charge in [-0.1, -0.05) is 0 Å². The quantitative estimate of drug-likeness (QED) is 0.542. The summed E-state index contributed by atoms with van der Waals surface area (Å²) < 4.78 is 11.0. The Morgan fingerprint density at radius 2 is 1.75 bits per heavy atom. The van der Waals surface area contributed by atoms with Crippen molar-refractivity contribution in [2.24, 2.45) is 0 Å². The summed E-state index contributed by atoms with van der Waals surface area (Å²) in [7, 11) is 0. The van der Waals surface area contributed by atoms with Gasteiger partial charge in [0.05, 0.1) is 24.2 Å². The first kappa shape index (κ1) is 10.7. The zero-order valence-electron chi connectivity index (χ0n) is 8.85. The average molecular weight is 223 g/mol. The molecule has 0 aliphatic carbocycles. The third-order valence-corrected chi connectivity index (χ3v) is 2.44. The van der Waals surface area contributed by atoms with Crippen molar-refractivity contribution in [3.05, 3.63) is 28.3 Å². The Balaban J connectivity index is 2.27. The number of fused-ring (bicyclic) bond motifs is 1. The van der Waals surface area contributed by atoms with E-state index >= 15 is 0 Å². The molecule has 5 heteroatoms. The molecule has 1 aromatic rings. The normalized spacial score (nSPS) is 15.8. The third kappa shape index (κ3) is 2.42. The van der Waals surface area contributed by atoms with Crippen molar-refractivity contribution < 1.29 is 14.4 Å². The van der Waals surface area contributed by atoms with E-state index in [1.807, 2.05) is 0 Å². The molecule has 0 saturated carbocycles. The zero-order chi connectivity index (χ0) is 11.4. The standard InChI is InChI=1S/C11H13NO4/c13-12(14)9-4-5-10-11(8-9)16-7-3-1-2-6-15-10/h4-5,8H,1-3,6-7H2. The molecule has 0 bridgehead atoms. The van der Waals surface area contributed by atoms with Gasteiger partial charge in [-0.25, -0.2) is 0 Å². The monoisotopic (exact) mass is 223 g/mol. The van der Waals surface area contributed by atoms with Crippen LogP contribution in [0.25, 0.3) is 0 Å². The SMILES string of the molecule is O=[N+]([O-])c1ccc2c(c1)OCCCCCO2. The molecule has 0 amide bonds. The van der Waals surface area contributed by atoms with E-state index in [1.54, 1.807) is 6.07 Å². The summed E-state index contributed by atoms with van der Waals surface area (Å²) >= 11 is 0. The van der Waals surface area contributed by atoms with Gasteiger partial charge in [0.25, 0.3) is 5.69 Å². The molecule has 0 saturated heterocycles. The van der Waals surface area contributed by atoms with Gasteiger partial charge < -0.3 is 9.47 Å². The number of nitro groups is 1. The molecule has 1 aliphatic heterocycles. The van der Waals surface area contributed by atoms with Crippen molar-refractivity contribution in [3.8, 4) is 11.5 Å². The van der Waals surface area contributed by atoms with E-state index in [-0.39, 0.29) is 5.69 Å². The van der Waals surface area contributed by atoms with E-state index in [0.29, 0.717) is 24.7 Å². The maximum Gasteiger partial charge on any atom is 0.273 e. The van der Waals surface area contributed by atoms with Gasteiger partial charge in [-0.05, 0) is 25.3 Å². The number of hydrogen-bond acceptors (Lipinski definition) is 4. The van der Waals surface area contributed by atoms with Crippen molar-refractivity contribution >= 4 is 5.69 Å². The second-order valence-electron chi connectivity index (χ2n) is 3.65. The van der Waals surface area contributed by atoms with Crippen molar-refractivity contribution in [1.82, 2.24) is 0 Å². The van der Waals surface area contributed by atoms with Crippen LogP contribution in [0.1, 0.15) is 19.3 Å². The van der Waals surface area contributed by atoms with Crippen LogP contribution in [-0.4, -0.2) is 18.1 Å².